The first-order chi connectivity index (χ1) is 9.88. The van der Waals surface area contributed by atoms with Gasteiger partial charge in [-0.15, -0.1) is 5.10 Å². The molecule has 0 aromatic carbocycles. The third kappa shape index (κ3) is 3.11. The lowest BCUT2D eigenvalue weighted by Crippen LogP contribution is -2.43. The van der Waals surface area contributed by atoms with Crippen molar-refractivity contribution in [3.63, 3.8) is 0 Å². The van der Waals surface area contributed by atoms with Gasteiger partial charge in [0.15, 0.2) is 0 Å². The largest absolute Gasteiger partial charge is 0.480 e. The van der Waals surface area contributed by atoms with Gasteiger partial charge in [0.2, 0.25) is 11.7 Å². The Hall–Kier alpha value is -3.04. The summed E-state index contributed by atoms with van der Waals surface area (Å²) in [6.45, 7) is 1.75. The van der Waals surface area contributed by atoms with Crippen molar-refractivity contribution in [2.24, 2.45) is 5.73 Å². The van der Waals surface area contributed by atoms with Gasteiger partial charge in [0.05, 0.1) is 6.42 Å². The zero-order valence-corrected chi connectivity index (χ0v) is 11.0. The van der Waals surface area contributed by atoms with E-state index >= 15 is 0 Å². The first-order valence-electron chi connectivity index (χ1n) is 5.89. The van der Waals surface area contributed by atoms with Gasteiger partial charge < -0.3 is 16.2 Å². The van der Waals surface area contributed by atoms with Crippen LogP contribution in [0.2, 0.25) is 0 Å². The molecule has 0 saturated heterocycles. The van der Waals surface area contributed by atoms with E-state index in [0.29, 0.717) is 5.69 Å². The molecule has 0 aliphatic carbocycles. The number of nitrogens with zero attached hydrogens (tertiary/aromatic N) is 4. The number of carbonyl (C=O) groups excluding carboxylic acids is 2. The fraction of sp³-hybridized carbons (Fsp3) is 0.273. The van der Waals surface area contributed by atoms with Crippen molar-refractivity contribution in [1.82, 2.24) is 24.9 Å². The number of carboxylic acid groups (broad SMARTS) is 1. The van der Waals surface area contributed by atoms with Crippen molar-refractivity contribution in [2.45, 2.75) is 19.4 Å². The van der Waals surface area contributed by atoms with Crippen molar-refractivity contribution in [1.29, 1.82) is 0 Å². The lowest BCUT2D eigenvalue weighted by atomic mass is 10.2. The Kier molecular flexibility index (Phi) is 3.78. The van der Waals surface area contributed by atoms with E-state index in [1.165, 1.54) is 10.7 Å². The first-order valence-corrected chi connectivity index (χ1v) is 5.89. The summed E-state index contributed by atoms with van der Waals surface area (Å²) in [6, 6.07) is 0.243. The molecular weight excluding hydrogens is 280 g/mol. The number of carbonyl (C=O) groups is 3. The molecule has 1 atom stereocenters. The second-order valence-corrected chi connectivity index (χ2v) is 4.27. The molecule has 2 aromatic heterocycles. The van der Waals surface area contributed by atoms with E-state index < -0.39 is 30.2 Å². The van der Waals surface area contributed by atoms with Crippen molar-refractivity contribution in [3.8, 4) is 0 Å². The Balaban J connectivity index is 2.23. The van der Waals surface area contributed by atoms with Crippen molar-refractivity contribution in [3.05, 3.63) is 23.8 Å². The minimum atomic E-state index is -1.43. The summed E-state index contributed by atoms with van der Waals surface area (Å²) in [5.41, 5.74) is 5.63. The number of primary amides is 1. The molecule has 2 aromatic rings. The molecule has 0 unspecified atom stereocenters. The van der Waals surface area contributed by atoms with Gasteiger partial charge in [-0.1, -0.05) is 0 Å². The fourth-order valence-electron chi connectivity index (χ4n) is 1.63. The van der Waals surface area contributed by atoms with Gasteiger partial charge in [-0.25, -0.2) is 14.3 Å². The van der Waals surface area contributed by atoms with Gasteiger partial charge in [-0.05, 0) is 13.0 Å². The fourth-order valence-corrected chi connectivity index (χ4v) is 1.63. The molecule has 2 rings (SSSR count). The number of aliphatic carboxylic acids is 1. The highest BCUT2D eigenvalue weighted by atomic mass is 16.4. The van der Waals surface area contributed by atoms with Crippen LogP contribution in [0, 0.1) is 6.92 Å². The Morgan fingerprint density at radius 2 is 2.19 bits per heavy atom. The number of nitrogens with one attached hydrogen (secondary N) is 1. The number of nitrogens with two attached hydrogens (primary N) is 1. The molecule has 21 heavy (non-hydrogen) atoms. The normalized spacial score (nSPS) is 12.0. The summed E-state index contributed by atoms with van der Waals surface area (Å²) in [6.07, 6.45) is 0.986. The maximum atomic E-state index is 11.9. The van der Waals surface area contributed by atoms with E-state index in [2.05, 4.69) is 20.4 Å². The maximum absolute atomic E-state index is 11.9. The minimum absolute atomic E-state index is 0.210. The quantitative estimate of drug-likeness (QED) is 0.605. The first kappa shape index (κ1) is 14.4. The van der Waals surface area contributed by atoms with Gasteiger partial charge in [0.25, 0.3) is 11.7 Å². The van der Waals surface area contributed by atoms with Gasteiger partial charge in [0.1, 0.15) is 6.04 Å². The van der Waals surface area contributed by atoms with Crippen molar-refractivity contribution >= 4 is 23.6 Å². The van der Waals surface area contributed by atoms with Gasteiger partial charge in [-0.2, -0.15) is 4.98 Å². The van der Waals surface area contributed by atoms with Crippen LogP contribution in [-0.2, 0) is 9.59 Å². The zero-order chi connectivity index (χ0) is 15.6. The van der Waals surface area contributed by atoms with E-state index in [1.54, 1.807) is 13.0 Å². The molecule has 0 bridgehead atoms. The number of hydrogen-bond acceptors (Lipinski definition) is 6. The third-order valence-corrected chi connectivity index (χ3v) is 2.64. The highest BCUT2D eigenvalue weighted by molar-refractivity contribution is 5.95. The van der Waals surface area contributed by atoms with E-state index in [0.717, 1.165) is 0 Å². The number of carboxylic acids is 1. The average molecular weight is 292 g/mol. The number of fused-ring (bicyclic) bond motifs is 1. The van der Waals surface area contributed by atoms with Crippen LogP contribution in [0.4, 0.5) is 0 Å². The number of amides is 2. The Morgan fingerprint density at radius 3 is 2.76 bits per heavy atom. The van der Waals surface area contributed by atoms with Crippen LogP contribution in [0.5, 0.6) is 0 Å². The second kappa shape index (κ2) is 5.53. The van der Waals surface area contributed by atoms with Crippen LogP contribution < -0.4 is 11.1 Å². The van der Waals surface area contributed by atoms with Crippen LogP contribution in [0.3, 0.4) is 0 Å². The monoisotopic (exact) mass is 292 g/mol. The van der Waals surface area contributed by atoms with Crippen LogP contribution in [0.1, 0.15) is 22.7 Å². The molecule has 0 aliphatic rings. The van der Waals surface area contributed by atoms with Crippen LogP contribution in [0.25, 0.3) is 5.78 Å². The molecule has 0 aliphatic heterocycles. The maximum Gasteiger partial charge on any atom is 0.326 e. The van der Waals surface area contributed by atoms with Crippen LogP contribution in [0.15, 0.2) is 12.3 Å². The zero-order valence-electron chi connectivity index (χ0n) is 11.0. The van der Waals surface area contributed by atoms with Crippen LogP contribution in [-0.4, -0.2) is 48.5 Å². The number of aromatic nitrogens is 4. The highest BCUT2D eigenvalue weighted by Crippen LogP contribution is 2.02. The molecular formula is C11H12N6O4. The average Bonchev–Trinajstić information content (AvgIpc) is 2.82. The summed E-state index contributed by atoms with van der Waals surface area (Å²) in [5, 5.41) is 15.0. The summed E-state index contributed by atoms with van der Waals surface area (Å²) >= 11 is 0. The highest BCUT2D eigenvalue weighted by Gasteiger charge is 2.25. The molecule has 0 spiro atoms. The molecule has 110 valence electrons. The predicted molar refractivity (Wildman–Crippen MR) is 68.2 cm³/mol. The topological polar surface area (TPSA) is 153 Å². The molecule has 2 amide bonds. The summed E-state index contributed by atoms with van der Waals surface area (Å²) in [7, 11) is 0. The Labute approximate surface area is 118 Å². The SMILES string of the molecule is Cc1ccnc2nc(C(=O)N[C@@H](CC(N)=O)C(=O)O)nn12. The lowest BCUT2D eigenvalue weighted by Gasteiger charge is -2.10. The third-order valence-electron chi connectivity index (χ3n) is 2.64. The van der Waals surface area contributed by atoms with E-state index in [-0.39, 0.29) is 11.6 Å². The molecule has 0 radical (unpaired) electrons. The number of rotatable bonds is 5. The number of hydrogen-bond donors (Lipinski definition) is 3. The standard InChI is InChI=1S/C11H12N6O4/c1-5-2-3-13-11-15-8(16-17(5)11)9(19)14-6(10(20)21)4-7(12)18/h2-3,6H,4H2,1H3,(H2,12,18)(H,14,19)(H,20,21)/t6-/m0/s1. The molecule has 0 saturated carbocycles. The second-order valence-electron chi connectivity index (χ2n) is 4.27. The van der Waals surface area contributed by atoms with E-state index in [1.807, 2.05) is 0 Å². The minimum Gasteiger partial charge on any atom is -0.480 e. The van der Waals surface area contributed by atoms with E-state index in [4.69, 9.17) is 10.8 Å². The lowest BCUT2D eigenvalue weighted by molar-refractivity contribution is -0.140. The van der Waals surface area contributed by atoms with Crippen molar-refractivity contribution < 1.29 is 19.5 Å². The molecule has 0 fully saturated rings. The van der Waals surface area contributed by atoms with Gasteiger partial charge in [-0.3, -0.25) is 9.59 Å². The number of aryl methyl sites for hydroxylation is 1. The molecule has 2 heterocycles. The predicted octanol–water partition coefficient (Wildman–Crippen LogP) is -1.51. The summed E-state index contributed by atoms with van der Waals surface area (Å²) in [5.74, 6) is -3.08. The van der Waals surface area contributed by atoms with Crippen LogP contribution >= 0.6 is 0 Å². The van der Waals surface area contributed by atoms with Gasteiger partial charge >= 0.3 is 5.97 Å². The molecule has 10 nitrogen and oxygen atoms in total. The van der Waals surface area contributed by atoms with Gasteiger partial charge in [0, 0.05) is 11.9 Å². The Morgan fingerprint density at radius 1 is 1.48 bits per heavy atom. The summed E-state index contributed by atoms with van der Waals surface area (Å²) in [4.78, 5) is 41.5. The molecule has 4 N–H and O–H groups in total. The van der Waals surface area contributed by atoms with Crippen molar-refractivity contribution in [2.75, 3.05) is 0 Å². The smallest absolute Gasteiger partial charge is 0.326 e. The Bertz CT molecular complexity index is 725. The van der Waals surface area contributed by atoms with E-state index in [9.17, 15) is 14.4 Å². The summed E-state index contributed by atoms with van der Waals surface area (Å²) < 4.78 is 1.35. The molecule has 10 heteroatoms.